The highest BCUT2D eigenvalue weighted by Gasteiger charge is 2.31. The number of amides is 1. The van der Waals surface area contributed by atoms with Crippen LogP contribution in [0.3, 0.4) is 0 Å². The summed E-state index contributed by atoms with van der Waals surface area (Å²) in [6, 6.07) is 11.1. The maximum Gasteiger partial charge on any atom is 0.416 e. The summed E-state index contributed by atoms with van der Waals surface area (Å²) in [7, 11) is 0. The van der Waals surface area contributed by atoms with Crippen LogP contribution < -0.4 is 15.4 Å². The molecule has 0 bridgehead atoms. The predicted octanol–water partition coefficient (Wildman–Crippen LogP) is 4.24. The first-order valence-corrected chi connectivity index (χ1v) is 10.1. The van der Waals surface area contributed by atoms with Gasteiger partial charge in [0.15, 0.2) is 0 Å². The second-order valence-electron chi connectivity index (χ2n) is 8.01. The van der Waals surface area contributed by atoms with Gasteiger partial charge in [0.05, 0.1) is 18.1 Å². The van der Waals surface area contributed by atoms with Gasteiger partial charge in [-0.25, -0.2) is 0 Å². The van der Waals surface area contributed by atoms with E-state index in [1.807, 2.05) is 13.8 Å². The van der Waals surface area contributed by atoms with E-state index in [9.17, 15) is 18.0 Å². The molecule has 1 heterocycles. The molecule has 30 heavy (non-hydrogen) atoms. The fourth-order valence-electron chi connectivity index (χ4n) is 3.84. The molecule has 2 aromatic carbocycles. The SMILES string of the molecule is Cc1cc(C)cc(CNC(=O)[C@H]2CNC[C@@H](COc3cccc(C(F)(F)F)c3)C2)c1. The van der Waals surface area contributed by atoms with Crippen molar-refractivity contribution in [2.45, 2.75) is 33.0 Å². The molecule has 0 aromatic heterocycles. The molecule has 0 aliphatic carbocycles. The first-order chi connectivity index (χ1) is 14.2. The van der Waals surface area contributed by atoms with Gasteiger partial charge >= 0.3 is 6.18 Å². The Morgan fingerprint density at radius 3 is 2.57 bits per heavy atom. The molecule has 0 spiro atoms. The highest BCUT2D eigenvalue weighted by Crippen LogP contribution is 2.31. The average molecular weight is 420 g/mol. The molecule has 2 atom stereocenters. The van der Waals surface area contributed by atoms with E-state index in [1.54, 1.807) is 0 Å². The van der Waals surface area contributed by atoms with Crippen LogP contribution in [0.5, 0.6) is 5.75 Å². The summed E-state index contributed by atoms with van der Waals surface area (Å²) in [6.45, 7) is 6.04. The van der Waals surface area contributed by atoms with E-state index >= 15 is 0 Å². The Morgan fingerprint density at radius 2 is 1.87 bits per heavy atom. The molecule has 1 saturated heterocycles. The molecule has 0 radical (unpaired) electrons. The minimum Gasteiger partial charge on any atom is -0.493 e. The topological polar surface area (TPSA) is 50.4 Å². The van der Waals surface area contributed by atoms with Crippen molar-refractivity contribution in [1.29, 1.82) is 0 Å². The molecule has 0 unspecified atom stereocenters. The van der Waals surface area contributed by atoms with E-state index in [4.69, 9.17) is 4.74 Å². The number of nitrogens with one attached hydrogen (secondary N) is 2. The Labute approximate surface area is 174 Å². The zero-order valence-corrected chi connectivity index (χ0v) is 17.2. The molecule has 2 aromatic rings. The van der Waals surface area contributed by atoms with Crippen molar-refractivity contribution in [1.82, 2.24) is 10.6 Å². The molecule has 7 heteroatoms. The van der Waals surface area contributed by atoms with Crippen molar-refractivity contribution >= 4 is 5.91 Å². The van der Waals surface area contributed by atoms with Gasteiger partial charge in [-0.1, -0.05) is 35.4 Å². The van der Waals surface area contributed by atoms with Crippen LogP contribution in [-0.2, 0) is 17.5 Å². The predicted molar refractivity (Wildman–Crippen MR) is 109 cm³/mol. The lowest BCUT2D eigenvalue weighted by molar-refractivity contribution is -0.137. The average Bonchev–Trinajstić information content (AvgIpc) is 2.69. The first-order valence-electron chi connectivity index (χ1n) is 10.1. The van der Waals surface area contributed by atoms with E-state index in [1.165, 1.54) is 12.1 Å². The number of hydrogen-bond donors (Lipinski definition) is 2. The molecular weight excluding hydrogens is 393 g/mol. The molecular formula is C23H27F3N2O2. The van der Waals surface area contributed by atoms with Crippen LogP contribution in [0.2, 0.25) is 0 Å². The highest BCUT2D eigenvalue weighted by molar-refractivity contribution is 5.79. The van der Waals surface area contributed by atoms with Gasteiger partial charge < -0.3 is 15.4 Å². The summed E-state index contributed by atoms with van der Waals surface area (Å²) in [5, 5.41) is 6.23. The van der Waals surface area contributed by atoms with E-state index in [2.05, 4.69) is 28.8 Å². The molecule has 2 N–H and O–H groups in total. The fourth-order valence-corrected chi connectivity index (χ4v) is 3.84. The smallest absolute Gasteiger partial charge is 0.416 e. The number of carbonyl (C=O) groups is 1. The van der Waals surface area contributed by atoms with Crippen molar-refractivity contribution in [2.24, 2.45) is 11.8 Å². The van der Waals surface area contributed by atoms with Crippen molar-refractivity contribution in [2.75, 3.05) is 19.7 Å². The molecule has 3 rings (SSSR count). The molecule has 1 fully saturated rings. The lowest BCUT2D eigenvalue weighted by atomic mass is 9.90. The number of ether oxygens (including phenoxy) is 1. The Bertz CT molecular complexity index is 863. The largest absolute Gasteiger partial charge is 0.493 e. The number of halogens is 3. The monoisotopic (exact) mass is 420 g/mol. The van der Waals surface area contributed by atoms with Crippen LogP contribution >= 0.6 is 0 Å². The van der Waals surface area contributed by atoms with Gasteiger partial charge in [-0.05, 0) is 44.0 Å². The minimum atomic E-state index is -4.40. The third kappa shape index (κ3) is 6.23. The second-order valence-corrected chi connectivity index (χ2v) is 8.01. The van der Waals surface area contributed by atoms with Gasteiger partial charge in [0.1, 0.15) is 5.75 Å². The Hall–Kier alpha value is -2.54. The number of rotatable bonds is 6. The molecule has 4 nitrogen and oxygen atoms in total. The minimum absolute atomic E-state index is 0.0228. The van der Waals surface area contributed by atoms with Crippen LogP contribution in [-0.4, -0.2) is 25.6 Å². The van der Waals surface area contributed by atoms with Crippen LogP contribution in [0.4, 0.5) is 13.2 Å². The maximum atomic E-state index is 12.8. The van der Waals surface area contributed by atoms with E-state index in [0.717, 1.165) is 28.8 Å². The third-order valence-electron chi connectivity index (χ3n) is 5.21. The van der Waals surface area contributed by atoms with Gasteiger partial charge in [0.2, 0.25) is 5.91 Å². The zero-order chi connectivity index (χ0) is 21.7. The quantitative estimate of drug-likeness (QED) is 0.735. The molecule has 1 amide bonds. The first kappa shape index (κ1) is 22.2. The van der Waals surface area contributed by atoms with Gasteiger partial charge in [0.25, 0.3) is 0 Å². The summed E-state index contributed by atoms with van der Waals surface area (Å²) in [4.78, 5) is 12.6. The van der Waals surface area contributed by atoms with Crippen molar-refractivity contribution < 1.29 is 22.7 Å². The number of aryl methyl sites for hydroxylation is 2. The normalized spacial score (nSPS) is 19.4. The number of alkyl halides is 3. The van der Waals surface area contributed by atoms with Gasteiger partial charge in [0, 0.05) is 25.6 Å². The fraction of sp³-hybridized carbons (Fsp3) is 0.435. The van der Waals surface area contributed by atoms with Crippen LogP contribution in [0.1, 0.15) is 28.7 Å². The van der Waals surface area contributed by atoms with Gasteiger partial charge in [-0.15, -0.1) is 0 Å². The van der Waals surface area contributed by atoms with Gasteiger partial charge in [-0.2, -0.15) is 13.2 Å². The lowest BCUT2D eigenvalue weighted by Crippen LogP contribution is -2.45. The van der Waals surface area contributed by atoms with Crippen molar-refractivity contribution in [3.05, 3.63) is 64.7 Å². The molecule has 1 aliphatic rings. The summed E-state index contributed by atoms with van der Waals surface area (Å²) >= 11 is 0. The van der Waals surface area contributed by atoms with Crippen LogP contribution in [0, 0.1) is 25.7 Å². The Kier molecular flexibility index (Phi) is 7.02. The summed E-state index contributed by atoms with van der Waals surface area (Å²) < 4.78 is 44.1. The standard InChI is InChI=1S/C23H27F3N2O2/c1-15-6-16(2)8-17(7-15)12-28-22(29)19-9-18(11-27-13-19)14-30-21-5-3-4-20(10-21)23(24,25)26/h3-8,10,18-19,27H,9,11-14H2,1-2H3,(H,28,29)/t18-,19+/m0/s1. The maximum absolute atomic E-state index is 12.8. The van der Waals surface area contributed by atoms with E-state index in [-0.39, 0.29) is 30.1 Å². The lowest BCUT2D eigenvalue weighted by Gasteiger charge is -2.29. The summed E-state index contributed by atoms with van der Waals surface area (Å²) in [5.74, 6) is 0.0154. The molecule has 162 valence electrons. The van der Waals surface area contributed by atoms with E-state index in [0.29, 0.717) is 26.1 Å². The number of benzene rings is 2. The van der Waals surface area contributed by atoms with Crippen molar-refractivity contribution in [3.63, 3.8) is 0 Å². The number of hydrogen-bond acceptors (Lipinski definition) is 3. The van der Waals surface area contributed by atoms with Crippen molar-refractivity contribution in [3.8, 4) is 5.75 Å². The third-order valence-corrected chi connectivity index (χ3v) is 5.21. The van der Waals surface area contributed by atoms with Crippen LogP contribution in [0.25, 0.3) is 0 Å². The highest BCUT2D eigenvalue weighted by atomic mass is 19.4. The molecule has 0 saturated carbocycles. The Morgan fingerprint density at radius 1 is 1.13 bits per heavy atom. The summed E-state index contributed by atoms with van der Waals surface area (Å²) in [5.41, 5.74) is 2.65. The summed E-state index contributed by atoms with van der Waals surface area (Å²) in [6.07, 6.45) is -3.77. The number of carbonyl (C=O) groups excluding carboxylic acids is 1. The number of piperidine rings is 1. The Balaban J connectivity index is 1.50. The molecule has 1 aliphatic heterocycles. The zero-order valence-electron chi connectivity index (χ0n) is 17.2. The van der Waals surface area contributed by atoms with Crippen LogP contribution in [0.15, 0.2) is 42.5 Å². The van der Waals surface area contributed by atoms with E-state index < -0.39 is 11.7 Å². The second kappa shape index (κ2) is 9.51. The van der Waals surface area contributed by atoms with Gasteiger partial charge in [-0.3, -0.25) is 4.79 Å².